The molecule has 1 aromatic carbocycles. The maximum absolute atomic E-state index is 12.4. The van der Waals surface area contributed by atoms with Crippen LogP contribution >= 0.6 is 12.4 Å². The smallest absolute Gasteiger partial charge is 0.227 e. The van der Waals surface area contributed by atoms with Crippen LogP contribution in [0, 0.1) is 17.8 Å². The molecule has 2 amide bonds. The summed E-state index contributed by atoms with van der Waals surface area (Å²) in [6.45, 7) is 1.07. The lowest BCUT2D eigenvalue weighted by Crippen LogP contribution is -2.34. The number of carbonyl (C=O) groups excluding carboxylic acids is 2. The van der Waals surface area contributed by atoms with E-state index in [1.807, 2.05) is 24.3 Å². The van der Waals surface area contributed by atoms with E-state index in [2.05, 4.69) is 10.6 Å². The largest absolute Gasteiger partial charge is 0.352 e. The van der Waals surface area contributed by atoms with Crippen LogP contribution in [0.1, 0.15) is 44.1 Å². The van der Waals surface area contributed by atoms with Crippen LogP contribution < -0.4 is 16.4 Å². The van der Waals surface area contributed by atoms with Gasteiger partial charge in [0, 0.05) is 24.1 Å². The van der Waals surface area contributed by atoms with E-state index < -0.39 is 0 Å². The summed E-state index contributed by atoms with van der Waals surface area (Å²) in [5.41, 5.74) is 7.56. The molecular formula is C19H28ClN3O2. The van der Waals surface area contributed by atoms with Gasteiger partial charge in [-0.1, -0.05) is 25.0 Å². The molecule has 0 saturated heterocycles. The van der Waals surface area contributed by atoms with Crippen LogP contribution in [0.2, 0.25) is 0 Å². The molecule has 0 unspecified atom stereocenters. The lowest BCUT2D eigenvalue weighted by Gasteiger charge is -2.24. The zero-order valence-electron chi connectivity index (χ0n) is 14.5. The van der Waals surface area contributed by atoms with Crippen LogP contribution in [-0.2, 0) is 16.1 Å². The van der Waals surface area contributed by atoms with Crippen molar-refractivity contribution in [2.45, 2.75) is 45.1 Å². The molecule has 0 aromatic heterocycles. The molecule has 5 nitrogen and oxygen atoms in total. The third-order valence-electron chi connectivity index (χ3n) is 5.44. The topological polar surface area (TPSA) is 84.2 Å². The summed E-state index contributed by atoms with van der Waals surface area (Å²) in [4.78, 5) is 24.4. The predicted octanol–water partition coefficient (Wildman–Crippen LogP) is 2.84. The number of nitrogens with two attached hydrogens (primary N) is 1. The maximum atomic E-state index is 12.4. The predicted molar refractivity (Wildman–Crippen MR) is 101 cm³/mol. The number of halogens is 1. The summed E-state index contributed by atoms with van der Waals surface area (Å²) in [5.74, 6) is 0.754. The molecule has 0 aliphatic heterocycles. The molecule has 0 radical (unpaired) electrons. The number of carbonyl (C=O) groups is 2. The highest BCUT2D eigenvalue weighted by atomic mass is 35.5. The summed E-state index contributed by atoms with van der Waals surface area (Å²) < 4.78 is 0. The first-order chi connectivity index (χ1) is 11.7. The monoisotopic (exact) mass is 365 g/mol. The zero-order valence-corrected chi connectivity index (χ0v) is 15.3. The minimum Gasteiger partial charge on any atom is -0.352 e. The van der Waals surface area contributed by atoms with Crippen molar-refractivity contribution in [2.75, 3.05) is 11.9 Å². The number of hydrogen-bond donors (Lipinski definition) is 3. The molecule has 25 heavy (non-hydrogen) atoms. The minimum absolute atomic E-state index is 0. The first-order valence-electron chi connectivity index (χ1n) is 9.05. The number of benzene rings is 1. The quantitative estimate of drug-likeness (QED) is 0.724. The van der Waals surface area contributed by atoms with E-state index >= 15 is 0 Å². The van der Waals surface area contributed by atoms with Gasteiger partial charge in [0.1, 0.15) is 0 Å². The normalized spacial score (nSPS) is 22.6. The van der Waals surface area contributed by atoms with Crippen LogP contribution in [0.3, 0.4) is 0 Å². The number of anilines is 1. The SMILES string of the molecule is Cl.NC[C@H]1CCC[C@H]1C(=O)NCc1cccc(NC(=O)C2CCC2)c1. The standard InChI is InChI=1S/C19H27N3O2.ClH/c20-11-15-7-3-9-17(15)19(24)21-12-13-4-1-8-16(10-13)22-18(23)14-5-2-6-14;/h1,4,8,10,14-15,17H,2-3,5-7,9,11-12,20H2,(H,21,24)(H,22,23);1H/t15-,17-;/m1./s1. The van der Waals surface area contributed by atoms with E-state index in [0.29, 0.717) is 19.0 Å². The first-order valence-corrected chi connectivity index (χ1v) is 9.05. The molecule has 0 spiro atoms. The van der Waals surface area contributed by atoms with Crippen molar-refractivity contribution < 1.29 is 9.59 Å². The van der Waals surface area contributed by atoms with Gasteiger partial charge in [0.05, 0.1) is 0 Å². The van der Waals surface area contributed by atoms with Crippen LogP contribution in [0.15, 0.2) is 24.3 Å². The van der Waals surface area contributed by atoms with Gasteiger partial charge >= 0.3 is 0 Å². The second-order valence-electron chi connectivity index (χ2n) is 7.07. The number of nitrogens with one attached hydrogen (secondary N) is 2. The summed E-state index contributed by atoms with van der Waals surface area (Å²) >= 11 is 0. The molecule has 1 aromatic rings. The van der Waals surface area contributed by atoms with E-state index in [9.17, 15) is 9.59 Å². The number of hydrogen-bond acceptors (Lipinski definition) is 3. The van der Waals surface area contributed by atoms with Gasteiger partial charge in [0.2, 0.25) is 11.8 Å². The Morgan fingerprint density at radius 2 is 1.84 bits per heavy atom. The van der Waals surface area contributed by atoms with Gasteiger partial charge in [-0.05, 0) is 55.8 Å². The van der Waals surface area contributed by atoms with Crippen LogP contribution in [0.4, 0.5) is 5.69 Å². The Labute approximate surface area is 155 Å². The first kappa shape index (κ1) is 19.7. The van der Waals surface area contributed by atoms with Gasteiger partial charge in [-0.2, -0.15) is 0 Å². The molecule has 2 atom stereocenters. The maximum Gasteiger partial charge on any atom is 0.227 e. The fraction of sp³-hybridized carbons (Fsp3) is 0.579. The molecule has 3 rings (SSSR count). The van der Waals surface area contributed by atoms with Gasteiger partial charge in [0.15, 0.2) is 0 Å². The second kappa shape index (κ2) is 9.20. The van der Waals surface area contributed by atoms with Crippen molar-refractivity contribution in [2.24, 2.45) is 23.5 Å². The molecule has 6 heteroatoms. The lowest BCUT2D eigenvalue weighted by atomic mass is 9.85. The Balaban J connectivity index is 0.00000225. The molecular weight excluding hydrogens is 338 g/mol. The van der Waals surface area contributed by atoms with Crippen LogP contribution in [0.5, 0.6) is 0 Å². The third-order valence-corrected chi connectivity index (χ3v) is 5.44. The highest BCUT2D eigenvalue weighted by Gasteiger charge is 2.31. The average Bonchev–Trinajstić information content (AvgIpc) is 3.00. The zero-order chi connectivity index (χ0) is 16.9. The third kappa shape index (κ3) is 4.95. The van der Waals surface area contributed by atoms with Gasteiger partial charge in [-0.3, -0.25) is 9.59 Å². The number of amides is 2. The van der Waals surface area contributed by atoms with Gasteiger partial charge < -0.3 is 16.4 Å². The number of rotatable bonds is 6. The Morgan fingerprint density at radius 1 is 1.08 bits per heavy atom. The molecule has 138 valence electrons. The van der Waals surface area contributed by atoms with E-state index in [4.69, 9.17) is 5.73 Å². The fourth-order valence-corrected chi connectivity index (χ4v) is 3.66. The van der Waals surface area contributed by atoms with E-state index in [-0.39, 0.29) is 36.1 Å². The van der Waals surface area contributed by atoms with Crippen molar-refractivity contribution in [3.8, 4) is 0 Å². The van der Waals surface area contributed by atoms with E-state index in [0.717, 1.165) is 49.8 Å². The van der Waals surface area contributed by atoms with Gasteiger partial charge in [-0.15, -0.1) is 12.4 Å². The highest BCUT2D eigenvalue weighted by molar-refractivity contribution is 5.93. The second-order valence-corrected chi connectivity index (χ2v) is 7.07. The fourth-order valence-electron chi connectivity index (χ4n) is 3.66. The molecule has 2 saturated carbocycles. The molecule has 2 aliphatic carbocycles. The van der Waals surface area contributed by atoms with Crippen LogP contribution in [-0.4, -0.2) is 18.4 Å². The Morgan fingerprint density at radius 3 is 2.52 bits per heavy atom. The molecule has 2 fully saturated rings. The summed E-state index contributed by atoms with van der Waals surface area (Å²) in [6, 6.07) is 7.71. The summed E-state index contributed by atoms with van der Waals surface area (Å²) in [6.07, 6.45) is 6.21. The lowest BCUT2D eigenvalue weighted by molar-refractivity contribution is -0.126. The van der Waals surface area contributed by atoms with Gasteiger partial charge in [0.25, 0.3) is 0 Å². The molecule has 4 N–H and O–H groups in total. The van der Waals surface area contributed by atoms with Crippen molar-refractivity contribution >= 4 is 29.9 Å². The van der Waals surface area contributed by atoms with Crippen LogP contribution in [0.25, 0.3) is 0 Å². The van der Waals surface area contributed by atoms with E-state index in [1.165, 1.54) is 0 Å². The molecule has 2 aliphatic rings. The molecule has 0 bridgehead atoms. The summed E-state index contributed by atoms with van der Waals surface area (Å²) in [7, 11) is 0. The van der Waals surface area contributed by atoms with Crippen molar-refractivity contribution in [1.82, 2.24) is 5.32 Å². The minimum atomic E-state index is 0. The molecule has 0 heterocycles. The summed E-state index contributed by atoms with van der Waals surface area (Å²) in [5, 5.41) is 6.00. The van der Waals surface area contributed by atoms with Gasteiger partial charge in [-0.25, -0.2) is 0 Å². The van der Waals surface area contributed by atoms with Crippen molar-refractivity contribution in [1.29, 1.82) is 0 Å². The highest BCUT2D eigenvalue weighted by Crippen LogP contribution is 2.31. The van der Waals surface area contributed by atoms with E-state index in [1.54, 1.807) is 0 Å². The van der Waals surface area contributed by atoms with Crippen molar-refractivity contribution in [3.63, 3.8) is 0 Å². The van der Waals surface area contributed by atoms with Crippen molar-refractivity contribution in [3.05, 3.63) is 29.8 Å². The Bertz CT molecular complexity index is 604. The Kier molecular flexibility index (Phi) is 7.26. The average molecular weight is 366 g/mol. The Hall–Kier alpha value is -1.59.